The van der Waals surface area contributed by atoms with Crippen LogP contribution >= 0.6 is 0 Å². The van der Waals surface area contributed by atoms with E-state index in [1.807, 2.05) is 30.3 Å². The number of rotatable bonds is 4. The minimum absolute atomic E-state index is 0.295. The third kappa shape index (κ3) is 2.69. The summed E-state index contributed by atoms with van der Waals surface area (Å²) >= 11 is 0. The highest BCUT2D eigenvalue weighted by Crippen LogP contribution is 2.33. The van der Waals surface area contributed by atoms with E-state index in [2.05, 4.69) is 0 Å². The van der Waals surface area contributed by atoms with Crippen LogP contribution in [0.2, 0.25) is 0 Å². The quantitative estimate of drug-likeness (QED) is 0.918. The highest BCUT2D eigenvalue weighted by atomic mass is 19.1. The molecule has 2 aromatic carbocycles. The highest BCUT2D eigenvalue weighted by Gasteiger charge is 2.13. The maximum absolute atomic E-state index is 14.1. The SMILES string of the molecule is COc1ccccc1N(C)c1ccc(CN)cc1F. The standard InChI is InChI=1S/C15H17FN2O/c1-18(14-5-3-4-6-15(14)19-2)13-8-7-11(10-17)9-12(13)16/h3-9H,10,17H2,1-2H3. The molecule has 0 aliphatic carbocycles. The third-order valence-corrected chi connectivity index (χ3v) is 3.06. The number of halogens is 1. The smallest absolute Gasteiger partial charge is 0.147 e. The normalized spacial score (nSPS) is 10.3. The van der Waals surface area contributed by atoms with Crippen molar-refractivity contribution >= 4 is 11.4 Å². The number of hydrogen-bond acceptors (Lipinski definition) is 3. The lowest BCUT2D eigenvalue weighted by Crippen LogP contribution is -2.12. The first-order valence-electron chi connectivity index (χ1n) is 6.02. The summed E-state index contributed by atoms with van der Waals surface area (Å²) in [5.74, 6) is 0.406. The Labute approximate surface area is 112 Å². The van der Waals surface area contributed by atoms with Gasteiger partial charge in [-0.2, -0.15) is 0 Å². The average Bonchev–Trinajstić information content (AvgIpc) is 2.46. The van der Waals surface area contributed by atoms with Crippen molar-refractivity contribution in [2.75, 3.05) is 19.1 Å². The molecule has 0 saturated carbocycles. The zero-order valence-electron chi connectivity index (χ0n) is 11.1. The van der Waals surface area contributed by atoms with Crippen molar-refractivity contribution in [3.05, 3.63) is 53.8 Å². The number of nitrogens with zero attached hydrogens (tertiary/aromatic N) is 1. The molecule has 0 radical (unpaired) electrons. The topological polar surface area (TPSA) is 38.5 Å². The number of benzene rings is 2. The molecular weight excluding hydrogens is 243 g/mol. The van der Waals surface area contributed by atoms with E-state index in [1.54, 1.807) is 25.1 Å². The second-order valence-corrected chi connectivity index (χ2v) is 4.22. The van der Waals surface area contributed by atoms with Gasteiger partial charge < -0.3 is 15.4 Å². The van der Waals surface area contributed by atoms with Gasteiger partial charge in [0.15, 0.2) is 0 Å². The van der Waals surface area contributed by atoms with Gasteiger partial charge >= 0.3 is 0 Å². The van der Waals surface area contributed by atoms with E-state index >= 15 is 0 Å². The van der Waals surface area contributed by atoms with Crippen LogP contribution in [0.15, 0.2) is 42.5 Å². The first-order chi connectivity index (χ1) is 9.17. The van der Waals surface area contributed by atoms with Crippen LogP contribution in [0.3, 0.4) is 0 Å². The minimum atomic E-state index is -0.295. The van der Waals surface area contributed by atoms with E-state index in [1.165, 1.54) is 6.07 Å². The monoisotopic (exact) mass is 260 g/mol. The molecule has 3 nitrogen and oxygen atoms in total. The number of ether oxygens (including phenoxy) is 1. The summed E-state index contributed by atoms with van der Waals surface area (Å²) in [5.41, 5.74) is 7.57. The average molecular weight is 260 g/mol. The van der Waals surface area contributed by atoms with Gasteiger partial charge in [0.05, 0.1) is 18.5 Å². The molecule has 2 aromatic rings. The Balaban J connectivity index is 2.41. The lowest BCUT2D eigenvalue weighted by molar-refractivity contribution is 0.415. The van der Waals surface area contributed by atoms with Crippen LogP contribution in [-0.2, 0) is 6.54 Å². The maximum atomic E-state index is 14.1. The van der Waals surface area contributed by atoms with Crippen LogP contribution in [0.25, 0.3) is 0 Å². The molecule has 0 atom stereocenters. The Bertz CT molecular complexity index is 572. The molecule has 0 aromatic heterocycles. The van der Waals surface area contributed by atoms with Gasteiger partial charge in [-0.3, -0.25) is 0 Å². The number of hydrogen-bond donors (Lipinski definition) is 1. The first kappa shape index (κ1) is 13.4. The van der Waals surface area contributed by atoms with Crippen LogP contribution in [-0.4, -0.2) is 14.2 Å². The molecule has 0 spiro atoms. The number of anilines is 2. The molecule has 100 valence electrons. The summed E-state index contributed by atoms with van der Waals surface area (Å²) in [4.78, 5) is 1.76. The Morgan fingerprint density at radius 2 is 1.89 bits per heavy atom. The second kappa shape index (κ2) is 5.71. The highest BCUT2D eigenvalue weighted by molar-refractivity contribution is 5.69. The molecule has 19 heavy (non-hydrogen) atoms. The molecular formula is C15H17FN2O. The van der Waals surface area contributed by atoms with Gasteiger partial charge in [-0.25, -0.2) is 4.39 Å². The van der Waals surface area contributed by atoms with Crippen molar-refractivity contribution in [3.8, 4) is 5.75 Å². The van der Waals surface area contributed by atoms with Gasteiger partial charge in [-0.1, -0.05) is 18.2 Å². The van der Waals surface area contributed by atoms with Crippen LogP contribution < -0.4 is 15.4 Å². The lowest BCUT2D eigenvalue weighted by atomic mass is 10.1. The van der Waals surface area contributed by atoms with Crippen LogP contribution in [0.1, 0.15) is 5.56 Å². The zero-order valence-corrected chi connectivity index (χ0v) is 11.1. The fraction of sp³-hybridized carbons (Fsp3) is 0.200. The molecule has 0 aliphatic rings. The van der Waals surface area contributed by atoms with Crippen molar-refractivity contribution < 1.29 is 9.13 Å². The summed E-state index contributed by atoms with van der Waals surface area (Å²) in [6.07, 6.45) is 0. The molecule has 0 aliphatic heterocycles. The second-order valence-electron chi connectivity index (χ2n) is 4.22. The first-order valence-corrected chi connectivity index (χ1v) is 6.02. The molecule has 0 heterocycles. The molecule has 0 fully saturated rings. The van der Waals surface area contributed by atoms with E-state index in [-0.39, 0.29) is 5.82 Å². The molecule has 0 amide bonds. The summed E-state index contributed by atoms with van der Waals surface area (Å²) in [6, 6.07) is 12.5. The van der Waals surface area contributed by atoms with E-state index in [9.17, 15) is 4.39 Å². The van der Waals surface area contributed by atoms with Crippen molar-refractivity contribution in [2.24, 2.45) is 5.73 Å². The van der Waals surface area contributed by atoms with Gasteiger partial charge in [0.1, 0.15) is 11.6 Å². The molecule has 0 bridgehead atoms. The Morgan fingerprint density at radius 1 is 1.16 bits per heavy atom. The van der Waals surface area contributed by atoms with Crippen molar-refractivity contribution in [3.63, 3.8) is 0 Å². The van der Waals surface area contributed by atoms with Crippen molar-refractivity contribution in [1.29, 1.82) is 0 Å². The molecule has 2 N–H and O–H groups in total. The predicted molar refractivity (Wildman–Crippen MR) is 75.3 cm³/mol. The molecule has 0 saturated heterocycles. The number of nitrogens with two attached hydrogens (primary N) is 1. The van der Waals surface area contributed by atoms with Gasteiger partial charge in [-0.15, -0.1) is 0 Å². The Kier molecular flexibility index (Phi) is 4.02. The van der Waals surface area contributed by atoms with E-state index < -0.39 is 0 Å². The summed E-state index contributed by atoms with van der Waals surface area (Å²) in [5, 5.41) is 0. The summed E-state index contributed by atoms with van der Waals surface area (Å²) in [6.45, 7) is 0.329. The van der Waals surface area contributed by atoms with E-state index in [0.717, 1.165) is 11.3 Å². The summed E-state index contributed by atoms with van der Waals surface area (Å²) < 4.78 is 19.4. The van der Waals surface area contributed by atoms with Gasteiger partial charge in [0, 0.05) is 13.6 Å². The van der Waals surface area contributed by atoms with Crippen LogP contribution in [0.5, 0.6) is 5.75 Å². The molecule has 2 rings (SSSR count). The van der Waals surface area contributed by atoms with E-state index in [4.69, 9.17) is 10.5 Å². The van der Waals surface area contributed by atoms with Crippen molar-refractivity contribution in [1.82, 2.24) is 0 Å². The van der Waals surface area contributed by atoms with Gasteiger partial charge in [-0.05, 0) is 29.8 Å². The fourth-order valence-corrected chi connectivity index (χ4v) is 1.99. The van der Waals surface area contributed by atoms with Crippen molar-refractivity contribution in [2.45, 2.75) is 6.54 Å². The van der Waals surface area contributed by atoms with Crippen LogP contribution in [0.4, 0.5) is 15.8 Å². The lowest BCUT2D eigenvalue weighted by Gasteiger charge is -2.22. The minimum Gasteiger partial charge on any atom is -0.495 e. The summed E-state index contributed by atoms with van der Waals surface area (Å²) in [7, 11) is 3.40. The Morgan fingerprint density at radius 3 is 2.53 bits per heavy atom. The Hall–Kier alpha value is -2.07. The maximum Gasteiger partial charge on any atom is 0.147 e. The van der Waals surface area contributed by atoms with E-state index in [0.29, 0.717) is 18.0 Å². The third-order valence-electron chi connectivity index (χ3n) is 3.06. The van der Waals surface area contributed by atoms with Crippen LogP contribution in [0, 0.1) is 5.82 Å². The molecule has 4 heteroatoms. The number of para-hydroxylation sites is 2. The largest absolute Gasteiger partial charge is 0.495 e. The van der Waals surface area contributed by atoms with Gasteiger partial charge in [0.25, 0.3) is 0 Å². The fourth-order valence-electron chi connectivity index (χ4n) is 1.99. The van der Waals surface area contributed by atoms with Gasteiger partial charge in [0.2, 0.25) is 0 Å². The molecule has 0 unspecified atom stereocenters. The number of methoxy groups -OCH3 is 1. The predicted octanol–water partition coefficient (Wildman–Crippen LogP) is 3.06. The zero-order chi connectivity index (χ0) is 13.8.